The molecule has 0 unspecified atom stereocenters. The molecule has 0 saturated carbocycles. The summed E-state index contributed by atoms with van der Waals surface area (Å²) in [5, 5.41) is 22.5. The van der Waals surface area contributed by atoms with Crippen molar-refractivity contribution < 1.29 is 19.0 Å². The Labute approximate surface area is 104 Å². The van der Waals surface area contributed by atoms with Crippen LogP contribution in [0.15, 0.2) is 24.4 Å². The fourth-order valence-electron chi connectivity index (χ4n) is 1.75. The van der Waals surface area contributed by atoms with E-state index in [9.17, 15) is 19.0 Å². The van der Waals surface area contributed by atoms with E-state index >= 15 is 0 Å². The van der Waals surface area contributed by atoms with E-state index in [0.717, 1.165) is 16.6 Å². The smallest absolute Gasteiger partial charge is 0.321 e. The number of aromatic hydroxyl groups is 2. The van der Waals surface area contributed by atoms with Crippen molar-refractivity contribution in [3.8, 4) is 23.1 Å². The van der Waals surface area contributed by atoms with E-state index in [1.807, 2.05) is 0 Å². The highest BCUT2D eigenvalue weighted by atomic mass is 19.1. The van der Waals surface area contributed by atoms with Crippen LogP contribution in [0.4, 0.5) is 8.78 Å². The Morgan fingerprint density at radius 1 is 1.05 bits per heavy atom. The maximum absolute atomic E-state index is 13.7. The number of hydrogen-bond acceptors (Lipinski definition) is 5. The lowest BCUT2D eigenvalue weighted by Gasteiger charge is -2.02. The Balaban J connectivity index is 2.31. The SMILES string of the molecule is Oc1nc(O)n2ncc(-c3ccc(F)cc3F)c2n1. The minimum absolute atomic E-state index is 0.00973. The van der Waals surface area contributed by atoms with E-state index in [2.05, 4.69) is 15.1 Å². The predicted octanol–water partition coefficient (Wildman–Crippen LogP) is 1.48. The molecule has 1 aromatic carbocycles. The largest absolute Gasteiger partial charge is 0.479 e. The summed E-state index contributed by atoms with van der Waals surface area (Å²) in [5.74, 6) is -1.51. The highest BCUT2D eigenvalue weighted by Gasteiger charge is 2.16. The Morgan fingerprint density at radius 2 is 1.84 bits per heavy atom. The molecule has 19 heavy (non-hydrogen) atoms. The van der Waals surface area contributed by atoms with Gasteiger partial charge in [0.15, 0.2) is 5.65 Å². The predicted molar refractivity (Wildman–Crippen MR) is 59.5 cm³/mol. The molecule has 2 N–H and O–H groups in total. The molecule has 2 heterocycles. The minimum Gasteiger partial charge on any atom is -0.479 e. The fraction of sp³-hybridized carbons (Fsp3) is 0. The van der Waals surface area contributed by atoms with Gasteiger partial charge in [0.25, 0.3) is 0 Å². The first-order valence-corrected chi connectivity index (χ1v) is 5.15. The Bertz CT molecular complexity index is 788. The van der Waals surface area contributed by atoms with Crippen LogP contribution in [-0.2, 0) is 0 Å². The van der Waals surface area contributed by atoms with Crippen LogP contribution in [0.25, 0.3) is 16.8 Å². The summed E-state index contributed by atoms with van der Waals surface area (Å²) in [6.07, 6.45) is 1.24. The van der Waals surface area contributed by atoms with Gasteiger partial charge >= 0.3 is 12.0 Å². The van der Waals surface area contributed by atoms with Gasteiger partial charge in [-0.3, -0.25) is 0 Å². The summed E-state index contributed by atoms with van der Waals surface area (Å²) in [6.45, 7) is 0. The summed E-state index contributed by atoms with van der Waals surface area (Å²) in [4.78, 5) is 6.95. The number of benzene rings is 1. The molecule has 0 saturated heterocycles. The first-order chi connectivity index (χ1) is 9.06. The molecule has 96 valence electrons. The Kier molecular flexibility index (Phi) is 2.31. The molecule has 0 atom stereocenters. The van der Waals surface area contributed by atoms with Crippen molar-refractivity contribution in [3.63, 3.8) is 0 Å². The quantitative estimate of drug-likeness (QED) is 0.695. The van der Waals surface area contributed by atoms with Crippen LogP contribution in [-0.4, -0.2) is 29.8 Å². The summed E-state index contributed by atoms with van der Waals surface area (Å²) in [7, 11) is 0. The van der Waals surface area contributed by atoms with Gasteiger partial charge in [-0.05, 0) is 12.1 Å². The van der Waals surface area contributed by atoms with Crippen LogP contribution in [0.2, 0.25) is 0 Å². The number of fused-ring (bicyclic) bond motifs is 1. The van der Waals surface area contributed by atoms with Crippen LogP contribution < -0.4 is 0 Å². The molecule has 3 rings (SSSR count). The highest BCUT2D eigenvalue weighted by Crippen LogP contribution is 2.28. The summed E-state index contributed by atoms with van der Waals surface area (Å²) < 4.78 is 27.5. The third-order valence-electron chi connectivity index (χ3n) is 2.56. The van der Waals surface area contributed by atoms with Crippen LogP contribution in [0.5, 0.6) is 12.0 Å². The van der Waals surface area contributed by atoms with Crippen LogP contribution in [0, 0.1) is 11.6 Å². The number of rotatable bonds is 1. The number of hydrogen-bond donors (Lipinski definition) is 2. The van der Waals surface area contributed by atoms with Crippen molar-refractivity contribution in [3.05, 3.63) is 36.0 Å². The Hall–Kier alpha value is -2.77. The van der Waals surface area contributed by atoms with Gasteiger partial charge in [0.2, 0.25) is 0 Å². The molecule has 0 aliphatic carbocycles. The standard InChI is InChI=1S/C11H6F2N4O2/c12-5-1-2-6(8(13)3-5)7-4-14-17-9(7)15-10(18)16-11(17)19/h1-4H,(H2,15,16,18,19). The second-order valence-corrected chi connectivity index (χ2v) is 3.74. The zero-order valence-corrected chi connectivity index (χ0v) is 9.25. The lowest BCUT2D eigenvalue weighted by Crippen LogP contribution is -1.95. The molecule has 8 heteroatoms. The van der Waals surface area contributed by atoms with Gasteiger partial charge < -0.3 is 10.2 Å². The van der Waals surface area contributed by atoms with E-state index in [1.165, 1.54) is 12.3 Å². The van der Waals surface area contributed by atoms with Crippen molar-refractivity contribution >= 4 is 5.65 Å². The van der Waals surface area contributed by atoms with E-state index in [0.29, 0.717) is 0 Å². The average Bonchev–Trinajstić information content (AvgIpc) is 2.73. The van der Waals surface area contributed by atoms with Crippen LogP contribution in [0.1, 0.15) is 0 Å². The molecule has 6 nitrogen and oxygen atoms in total. The van der Waals surface area contributed by atoms with Crippen molar-refractivity contribution in [2.75, 3.05) is 0 Å². The topological polar surface area (TPSA) is 83.5 Å². The monoisotopic (exact) mass is 264 g/mol. The van der Waals surface area contributed by atoms with E-state index < -0.39 is 23.7 Å². The van der Waals surface area contributed by atoms with Gasteiger partial charge in [-0.2, -0.15) is 14.6 Å². The van der Waals surface area contributed by atoms with Gasteiger partial charge in [0.05, 0.1) is 6.20 Å². The molecule has 0 aliphatic heterocycles. The zero-order valence-electron chi connectivity index (χ0n) is 9.25. The molecule has 0 bridgehead atoms. The van der Waals surface area contributed by atoms with Gasteiger partial charge in [-0.1, -0.05) is 0 Å². The third kappa shape index (κ3) is 1.73. The van der Waals surface area contributed by atoms with Crippen molar-refractivity contribution in [1.29, 1.82) is 0 Å². The molecule has 3 aromatic rings. The van der Waals surface area contributed by atoms with Crippen molar-refractivity contribution in [1.82, 2.24) is 19.6 Å². The molecular weight excluding hydrogens is 258 g/mol. The normalized spacial score (nSPS) is 11.1. The second kappa shape index (κ2) is 3.87. The van der Waals surface area contributed by atoms with Crippen molar-refractivity contribution in [2.24, 2.45) is 0 Å². The lowest BCUT2D eigenvalue weighted by atomic mass is 10.1. The van der Waals surface area contributed by atoms with Gasteiger partial charge in [-0.25, -0.2) is 8.78 Å². The summed E-state index contributed by atoms with van der Waals surface area (Å²) in [6, 6.07) is 1.77. The second-order valence-electron chi connectivity index (χ2n) is 3.74. The lowest BCUT2D eigenvalue weighted by molar-refractivity contribution is 0.374. The van der Waals surface area contributed by atoms with Gasteiger partial charge in [-0.15, -0.1) is 4.98 Å². The van der Waals surface area contributed by atoms with Gasteiger partial charge in [0.1, 0.15) is 11.6 Å². The summed E-state index contributed by atoms with van der Waals surface area (Å²) >= 11 is 0. The van der Waals surface area contributed by atoms with E-state index in [4.69, 9.17) is 0 Å². The van der Waals surface area contributed by atoms with Gasteiger partial charge in [0, 0.05) is 17.2 Å². The first-order valence-electron chi connectivity index (χ1n) is 5.15. The molecule has 0 fully saturated rings. The number of nitrogens with zero attached hydrogens (tertiary/aromatic N) is 4. The Morgan fingerprint density at radius 3 is 2.58 bits per heavy atom. The first kappa shape index (κ1) is 11.3. The number of aromatic nitrogens is 4. The van der Waals surface area contributed by atoms with E-state index in [1.54, 1.807) is 0 Å². The van der Waals surface area contributed by atoms with Crippen LogP contribution in [0.3, 0.4) is 0 Å². The van der Waals surface area contributed by atoms with Crippen LogP contribution >= 0.6 is 0 Å². The molecule has 0 amide bonds. The summed E-state index contributed by atoms with van der Waals surface area (Å²) in [5.41, 5.74) is 0.259. The zero-order chi connectivity index (χ0) is 13.6. The molecule has 0 aliphatic rings. The minimum atomic E-state index is -0.799. The highest BCUT2D eigenvalue weighted by molar-refractivity contribution is 5.77. The molecule has 0 radical (unpaired) electrons. The average molecular weight is 264 g/mol. The maximum atomic E-state index is 13.7. The molecule has 0 spiro atoms. The van der Waals surface area contributed by atoms with Crippen molar-refractivity contribution in [2.45, 2.75) is 0 Å². The van der Waals surface area contributed by atoms with E-state index in [-0.39, 0.29) is 16.8 Å². The number of halogens is 2. The maximum Gasteiger partial charge on any atom is 0.321 e. The molecular formula is C11H6F2N4O2. The third-order valence-corrected chi connectivity index (χ3v) is 2.56. The fourth-order valence-corrected chi connectivity index (χ4v) is 1.75. The molecule has 2 aromatic heterocycles.